The van der Waals surface area contributed by atoms with Crippen LogP contribution in [0.3, 0.4) is 0 Å². The van der Waals surface area contributed by atoms with Gasteiger partial charge in [-0.3, -0.25) is 13.9 Å². The number of anilines is 2. The van der Waals surface area contributed by atoms with Crippen molar-refractivity contribution in [2.45, 2.75) is 32.7 Å². The monoisotopic (exact) mass is 312 g/mol. The van der Waals surface area contributed by atoms with Crippen molar-refractivity contribution in [1.29, 1.82) is 0 Å². The molecule has 0 saturated carbocycles. The van der Waals surface area contributed by atoms with Crippen molar-refractivity contribution in [1.82, 2.24) is 9.13 Å². The molecule has 118 valence electrons. The van der Waals surface area contributed by atoms with Crippen molar-refractivity contribution in [2.75, 3.05) is 29.1 Å². The molecule has 2 rings (SSSR count). The third kappa shape index (κ3) is 3.45. The van der Waals surface area contributed by atoms with Crippen LogP contribution in [-0.2, 0) is 13.6 Å². The van der Waals surface area contributed by atoms with Gasteiger partial charge in [0.2, 0.25) is 0 Å². The highest BCUT2D eigenvalue weighted by atomic mass is 32.2. The van der Waals surface area contributed by atoms with E-state index < -0.39 is 0 Å². The molecule has 21 heavy (non-hydrogen) atoms. The van der Waals surface area contributed by atoms with Gasteiger partial charge in [-0.15, -0.1) is 0 Å². The lowest BCUT2D eigenvalue weighted by atomic mass is 10.0. The summed E-state index contributed by atoms with van der Waals surface area (Å²) in [5, 5.41) is 3.19. The summed E-state index contributed by atoms with van der Waals surface area (Å²) in [6, 6.07) is 0. The highest BCUT2D eigenvalue weighted by molar-refractivity contribution is 7.99. The Hall–Kier alpha value is -1.37. The molecule has 0 aliphatic carbocycles. The lowest BCUT2D eigenvalue weighted by molar-refractivity contribution is 0.514. The fraction of sp³-hybridized carbons (Fsp3) is 0.714. The number of thioether (sulfide) groups is 1. The summed E-state index contributed by atoms with van der Waals surface area (Å²) in [6.45, 7) is 3.24. The molecule has 1 aliphatic heterocycles. The molecule has 0 aromatic carbocycles. The predicted molar refractivity (Wildman–Crippen MR) is 89.2 cm³/mol. The Balaban J connectivity index is 2.25. The Labute approximate surface area is 128 Å². The molecule has 1 aliphatic rings. The van der Waals surface area contributed by atoms with Crippen molar-refractivity contribution in [3.63, 3.8) is 0 Å². The maximum Gasteiger partial charge on any atom is 0.332 e. The average Bonchev–Trinajstić information content (AvgIpc) is 2.50. The van der Waals surface area contributed by atoms with Gasteiger partial charge in [0.05, 0.1) is 0 Å². The van der Waals surface area contributed by atoms with Gasteiger partial charge >= 0.3 is 5.69 Å². The second kappa shape index (κ2) is 7.06. The first-order chi connectivity index (χ1) is 10.1. The number of nitrogens with one attached hydrogen (secondary N) is 1. The van der Waals surface area contributed by atoms with Gasteiger partial charge in [-0.05, 0) is 36.7 Å². The van der Waals surface area contributed by atoms with Gasteiger partial charge in [0.1, 0.15) is 11.5 Å². The van der Waals surface area contributed by atoms with Crippen LogP contribution < -0.4 is 22.3 Å². The topological polar surface area (TPSA) is 82.0 Å². The molecular weight excluding hydrogens is 288 g/mol. The van der Waals surface area contributed by atoms with Crippen LogP contribution in [0.15, 0.2) is 9.59 Å². The van der Waals surface area contributed by atoms with Gasteiger partial charge in [-0.2, -0.15) is 11.8 Å². The van der Waals surface area contributed by atoms with Gasteiger partial charge in [-0.1, -0.05) is 6.92 Å². The zero-order valence-corrected chi connectivity index (χ0v) is 13.5. The van der Waals surface area contributed by atoms with E-state index in [9.17, 15) is 9.59 Å². The summed E-state index contributed by atoms with van der Waals surface area (Å²) in [4.78, 5) is 24.3. The van der Waals surface area contributed by atoms with Gasteiger partial charge in [0.25, 0.3) is 5.56 Å². The molecule has 0 amide bonds. The number of nitrogen functional groups attached to an aromatic ring is 1. The summed E-state index contributed by atoms with van der Waals surface area (Å²) >= 11 is 1.98. The molecule has 6 nitrogen and oxygen atoms in total. The minimum atomic E-state index is -0.348. The number of nitrogens with zero attached hydrogens (tertiary/aromatic N) is 2. The van der Waals surface area contributed by atoms with E-state index in [0.717, 1.165) is 30.4 Å². The zero-order valence-electron chi connectivity index (χ0n) is 12.7. The highest BCUT2D eigenvalue weighted by Gasteiger charge is 2.18. The van der Waals surface area contributed by atoms with Crippen LogP contribution in [-0.4, -0.2) is 27.2 Å². The van der Waals surface area contributed by atoms with Crippen molar-refractivity contribution in [3.05, 3.63) is 20.8 Å². The van der Waals surface area contributed by atoms with E-state index in [1.807, 2.05) is 18.7 Å². The summed E-state index contributed by atoms with van der Waals surface area (Å²) in [7, 11) is 1.50. The van der Waals surface area contributed by atoms with Crippen LogP contribution in [0.25, 0.3) is 0 Å². The van der Waals surface area contributed by atoms with Gasteiger partial charge < -0.3 is 11.1 Å². The van der Waals surface area contributed by atoms with E-state index in [2.05, 4.69) is 5.32 Å². The standard InChI is InChI=1S/C14H24N4O2S/c1-3-6-18-12(15)11(13(19)17(2)14(18)20)16-9-10-4-7-21-8-5-10/h10,16H,3-9,15H2,1-2H3. The normalized spacial score (nSPS) is 16.1. The molecular formula is C14H24N4O2S. The minimum Gasteiger partial charge on any atom is -0.383 e. The maximum atomic E-state index is 12.2. The van der Waals surface area contributed by atoms with Crippen molar-refractivity contribution >= 4 is 23.3 Å². The number of hydrogen-bond donors (Lipinski definition) is 2. The smallest absolute Gasteiger partial charge is 0.332 e. The molecule has 0 bridgehead atoms. The fourth-order valence-corrected chi connectivity index (χ4v) is 3.79. The average molecular weight is 312 g/mol. The molecule has 0 unspecified atom stereocenters. The number of rotatable bonds is 5. The second-order valence-electron chi connectivity index (χ2n) is 5.50. The Morgan fingerprint density at radius 2 is 2.00 bits per heavy atom. The van der Waals surface area contributed by atoms with Crippen LogP contribution in [0.2, 0.25) is 0 Å². The Kier molecular flexibility index (Phi) is 5.39. The van der Waals surface area contributed by atoms with E-state index in [4.69, 9.17) is 5.73 Å². The first kappa shape index (κ1) is 16.0. The molecule has 3 N–H and O–H groups in total. The van der Waals surface area contributed by atoms with Crippen LogP contribution in [0.1, 0.15) is 26.2 Å². The predicted octanol–water partition coefficient (Wildman–Crippen LogP) is 1.09. The molecule has 7 heteroatoms. The number of aromatic nitrogens is 2. The van der Waals surface area contributed by atoms with Crippen LogP contribution in [0.4, 0.5) is 11.5 Å². The number of hydrogen-bond acceptors (Lipinski definition) is 5. The quantitative estimate of drug-likeness (QED) is 0.850. The van der Waals surface area contributed by atoms with E-state index in [-0.39, 0.29) is 17.1 Å². The van der Waals surface area contributed by atoms with Crippen molar-refractivity contribution in [3.8, 4) is 0 Å². The van der Waals surface area contributed by atoms with Crippen molar-refractivity contribution in [2.24, 2.45) is 13.0 Å². The molecule has 0 spiro atoms. The molecule has 1 fully saturated rings. The zero-order chi connectivity index (χ0) is 15.4. The third-order valence-electron chi connectivity index (χ3n) is 3.94. The lowest BCUT2D eigenvalue weighted by Gasteiger charge is -2.23. The maximum absolute atomic E-state index is 12.2. The molecule has 1 saturated heterocycles. The van der Waals surface area contributed by atoms with E-state index in [0.29, 0.717) is 18.2 Å². The van der Waals surface area contributed by atoms with Gasteiger partial charge in [0, 0.05) is 20.1 Å². The SMILES string of the molecule is CCCn1c(N)c(NCC2CCSCC2)c(=O)n(C)c1=O. The summed E-state index contributed by atoms with van der Waals surface area (Å²) in [5.41, 5.74) is 5.72. The van der Waals surface area contributed by atoms with Gasteiger partial charge in [-0.25, -0.2) is 4.79 Å². The van der Waals surface area contributed by atoms with Crippen LogP contribution in [0.5, 0.6) is 0 Å². The fourth-order valence-electron chi connectivity index (χ4n) is 2.59. The van der Waals surface area contributed by atoms with Crippen LogP contribution >= 0.6 is 11.8 Å². The Bertz CT molecular complexity index is 602. The first-order valence-corrected chi connectivity index (χ1v) is 8.62. The Morgan fingerprint density at radius 1 is 1.33 bits per heavy atom. The molecule has 1 aromatic rings. The van der Waals surface area contributed by atoms with E-state index in [1.165, 1.54) is 23.1 Å². The lowest BCUT2D eigenvalue weighted by Crippen LogP contribution is -2.41. The minimum absolute atomic E-state index is 0.259. The van der Waals surface area contributed by atoms with Crippen LogP contribution in [0, 0.1) is 5.92 Å². The number of nitrogens with two attached hydrogens (primary N) is 1. The molecule has 2 heterocycles. The second-order valence-corrected chi connectivity index (χ2v) is 6.72. The molecule has 1 aromatic heterocycles. The largest absolute Gasteiger partial charge is 0.383 e. The molecule has 0 atom stereocenters. The summed E-state index contributed by atoms with van der Waals surface area (Å²) in [5.74, 6) is 3.18. The van der Waals surface area contributed by atoms with Gasteiger partial charge in [0.15, 0.2) is 0 Å². The summed E-state index contributed by atoms with van der Waals surface area (Å²) < 4.78 is 2.60. The Morgan fingerprint density at radius 3 is 2.62 bits per heavy atom. The molecule has 0 radical (unpaired) electrons. The summed E-state index contributed by atoms with van der Waals surface area (Å²) in [6.07, 6.45) is 3.11. The van der Waals surface area contributed by atoms with Crippen molar-refractivity contribution < 1.29 is 0 Å². The third-order valence-corrected chi connectivity index (χ3v) is 4.99. The highest BCUT2D eigenvalue weighted by Crippen LogP contribution is 2.23. The first-order valence-electron chi connectivity index (χ1n) is 7.47. The van der Waals surface area contributed by atoms with E-state index in [1.54, 1.807) is 0 Å². The van der Waals surface area contributed by atoms with E-state index >= 15 is 0 Å².